The van der Waals surface area contributed by atoms with E-state index in [4.69, 9.17) is 10.5 Å². The van der Waals surface area contributed by atoms with E-state index in [0.717, 1.165) is 15.7 Å². The zero-order valence-electron chi connectivity index (χ0n) is 11.4. The first kappa shape index (κ1) is 14.2. The summed E-state index contributed by atoms with van der Waals surface area (Å²) in [6.07, 6.45) is -0.247. The van der Waals surface area contributed by atoms with Crippen LogP contribution >= 0.6 is 15.9 Å². The van der Waals surface area contributed by atoms with Crippen molar-refractivity contribution in [2.24, 2.45) is 0 Å². The summed E-state index contributed by atoms with van der Waals surface area (Å²) in [6.45, 7) is 6.97. The Bertz CT molecular complexity index is 491. The Morgan fingerprint density at radius 2 is 2.05 bits per heavy atom. The summed E-state index contributed by atoms with van der Waals surface area (Å²) in [6, 6.07) is 5.76. The van der Waals surface area contributed by atoms with E-state index >= 15 is 0 Å². The lowest BCUT2D eigenvalue weighted by Crippen LogP contribution is -2.50. The third kappa shape index (κ3) is 3.41. The summed E-state index contributed by atoms with van der Waals surface area (Å²) in [4.78, 5) is 13.6. The number of rotatable bonds is 1. The standard InChI is InChI=1S/C14H19BrN2O2/c1-14(2,3)19-13(18)17-7-9(8-17)11-6-10(16)4-5-12(11)15/h4-6,9H,7-8,16H2,1-3H3. The fourth-order valence-corrected chi connectivity index (χ4v) is 2.60. The van der Waals surface area contributed by atoms with Crippen LogP contribution in [-0.4, -0.2) is 29.7 Å². The van der Waals surface area contributed by atoms with Crippen molar-refractivity contribution in [2.75, 3.05) is 18.8 Å². The van der Waals surface area contributed by atoms with Gasteiger partial charge in [-0.2, -0.15) is 0 Å². The largest absolute Gasteiger partial charge is 0.444 e. The molecule has 0 saturated carbocycles. The maximum Gasteiger partial charge on any atom is 0.410 e. The van der Waals surface area contributed by atoms with Crippen molar-refractivity contribution in [1.82, 2.24) is 4.90 Å². The van der Waals surface area contributed by atoms with E-state index in [1.54, 1.807) is 4.90 Å². The molecule has 1 heterocycles. The van der Waals surface area contributed by atoms with Crippen LogP contribution in [0.5, 0.6) is 0 Å². The van der Waals surface area contributed by atoms with Gasteiger partial charge < -0.3 is 15.4 Å². The van der Waals surface area contributed by atoms with Gasteiger partial charge in [0.1, 0.15) is 5.60 Å². The molecule has 104 valence electrons. The number of benzene rings is 1. The van der Waals surface area contributed by atoms with Gasteiger partial charge in [0.05, 0.1) is 0 Å². The molecule has 0 spiro atoms. The highest BCUT2D eigenvalue weighted by atomic mass is 79.9. The van der Waals surface area contributed by atoms with Crippen molar-refractivity contribution in [3.8, 4) is 0 Å². The number of ether oxygens (including phenoxy) is 1. The second kappa shape index (κ2) is 5.04. The molecular weight excluding hydrogens is 308 g/mol. The molecule has 0 aliphatic carbocycles. The number of amides is 1. The van der Waals surface area contributed by atoms with Gasteiger partial charge in [0.15, 0.2) is 0 Å². The highest BCUT2D eigenvalue weighted by Crippen LogP contribution is 2.34. The molecule has 0 aromatic heterocycles. The Labute approximate surface area is 122 Å². The fourth-order valence-electron chi connectivity index (χ4n) is 2.03. The van der Waals surface area contributed by atoms with E-state index in [0.29, 0.717) is 19.0 Å². The topological polar surface area (TPSA) is 55.6 Å². The Hall–Kier alpha value is -1.23. The molecule has 5 heteroatoms. The lowest BCUT2D eigenvalue weighted by atomic mass is 9.91. The predicted molar refractivity (Wildman–Crippen MR) is 79.1 cm³/mol. The molecule has 1 aliphatic heterocycles. The summed E-state index contributed by atoms with van der Waals surface area (Å²) in [5.74, 6) is 0.324. The molecule has 4 nitrogen and oxygen atoms in total. The van der Waals surface area contributed by atoms with Crippen molar-refractivity contribution in [2.45, 2.75) is 32.3 Å². The molecule has 1 aromatic carbocycles. The van der Waals surface area contributed by atoms with Crippen LogP contribution in [0, 0.1) is 0 Å². The maximum absolute atomic E-state index is 11.8. The highest BCUT2D eigenvalue weighted by Gasteiger charge is 2.35. The number of hydrogen-bond acceptors (Lipinski definition) is 3. The van der Waals surface area contributed by atoms with E-state index in [2.05, 4.69) is 15.9 Å². The summed E-state index contributed by atoms with van der Waals surface area (Å²) in [5.41, 5.74) is 7.25. The average molecular weight is 327 g/mol. The summed E-state index contributed by atoms with van der Waals surface area (Å²) < 4.78 is 6.37. The molecule has 1 fully saturated rings. The third-order valence-electron chi connectivity index (χ3n) is 2.99. The Balaban J connectivity index is 1.96. The number of halogens is 1. The number of hydrogen-bond donors (Lipinski definition) is 1. The highest BCUT2D eigenvalue weighted by molar-refractivity contribution is 9.10. The molecule has 1 amide bonds. The van der Waals surface area contributed by atoms with Gasteiger partial charge in [0, 0.05) is 29.2 Å². The van der Waals surface area contributed by atoms with Crippen LogP contribution in [0.2, 0.25) is 0 Å². The van der Waals surface area contributed by atoms with Crippen LogP contribution in [0.4, 0.5) is 10.5 Å². The van der Waals surface area contributed by atoms with E-state index in [1.165, 1.54) is 0 Å². The first-order chi connectivity index (χ1) is 8.76. The van der Waals surface area contributed by atoms with E-state index in [1.807, 2.05) is 39.0 Å². The number of carbonyl (C=O) groups excluding carboxylic acids is 1. The second-order valence-electron chi connectivity index (χ2n) is 5.86. The normalized spacial score (nSPS) is 16.1. The van der Waals surface area contributed by atoms with Crippen molar-refractivity contribution < 1.29 is 9.53 Å². The molecule has 1 saturated heterocycles. The van der Waals surface area contributed by atoms with Crippen molar-refractivity contribution in [1.29, 1.82) is 0 Å². The fraction of sp³-hybridized carbons (Fsp3) is 0.500. The van der Waals surface area contributed by atoms with Crippen LogP contribution in [0.1, 0.15) is 32.3 Å². The first-order valence-electron chi connectivity index (χ1n) is 6.29. The quantitative estimate of drug-likeness (QED) is 0.805. The first-order valence-corrected chi connectivity index (χ1v) is 7.08. The lowest BCUT2D eigenvalue weighted by molar-refractivity contribution is 0.00815. The maximum atomic E-state index is 11.8. The zero-order valence-corrected chi connectivity index (χ0v) is 13.0. The molecule has 0 bridgehead atoms. The number of likely N-dealkylation sites (tertiary alicyclic amines) is 1. The molecule has 1 aromatic rings. The molecule has 1 aliphatic rings. The molecule has 0 radical (unpaired) electrons. The predicted octanol–water partition coefficient (Wildman–Crippen LogP) is 3.37. The Kier molecular flexibility index (Phi) is 3.76. The van der Waals surface area contributed by atoms with Crippen molar-refractivity contribution >= 4 is 27.7 Å². The minimum Gasteiger partial charge on any atom is -0.444 e. The lowest BCUT2D eigenvalue weighted by Gasteiger charge is -2.40. The zero-order chi connectivity index (χ0) is 14.2. The van der Waals surface area contributed by atoms with E-state index < -0.39 is 5.60 Å². The van der Waals surface area contributed by atoms with Gasteiger partial charge >= 0.3 is 6.09 Å². The van der Waals surface area contributed by atoms with E-state index in [-0.39, 0.29) is 6.09 Å². The monoisotopic (exact) mass is 326 g/mol. The number of nitrogens with zero attached hydrogens (tertiary/aromatic N) is 1. The van der Waals surface area contributed by atoms with Gasteiger partial charge in [-0.15, -0.1) is 0 Å². The average Bonchev–Trinajstić information content (AvgIpc) is 2.18. The van der Waals surface area contributed by atoms with Gasteiger partial charge in [-0.05, 0) is 44.5 Å². The number of carbonyl (C=O) groups is 1. The summed E-state index contributed by atoms with van der Waals surface area (Å²) in [5, 5.41) is 0. The molecule has 0 atom stereocenters. The van der Waals surface area contributed by atoms with Gasteiger partial charge in [-0.3, -0.25) is 0 Å². The molecule has 0 unspecified atom stereocenters. The van der Waals surface area contributed by atoms with Crippen LogP contribution in [-0.2, 0) is 4.74 Å². The van der Waals surface area contributed by atoms with Gasteiger partial charge in [-0.25, -0.2) is 4.79 Å². The molecular formula is C14H19BrN2O2. The Morgan fingerprint density at radius 3 is 2.63 bits per heavy atom. The van der Waals surface area contributed by atoms with Gasteiger partial charge in [-0.1, -0.05) is 15.9 Å². The Morgan fingerprint density at radius 1 is 1.42 bits per heavy atom. The smallest absolute Gasteiger partial charge is 0.410 e. The molecule has 2 rings (SSSR count). The van der Waals surface area contributed by atoms with Crippen LogP contribution in [0.3, 0.4) is 0 Å². The third-order valence-corrected chi connectivity index (χ3v) is 3.72. The second-order valence-corrected chi connectivity index (χ2v) is 6.72. The number of nitrogens with two attached hydrogens (primary N) is 1. The van der Waals surface area contributed by atoms with E-state index in [9.17, 15) is 4.79 Å². The van der Waals surface area contributed by atoms with Crippen molar-refractivity contribution in [3.05, 3.63) is 28.2 Å². The van der Waals surface area contributed by atoms with Gasteiger partial charge in [0.2, 0.25) is 0 Å². The van der Waals surface area contributed by atoms with Crippen LogP contribution in [0.15, 0.2) is 22.7 Å². The van der Waals surface area contributed by atoms with Crippen LogP contribution < -0.4 is 5.73 Å². The van der Waals surface area contributed by atoms with Gasteiger partial charge in [0.25, 0.3) is 0 Å². The molecule has 19 heavy (non-hydrogen) atoms. The SMILES string of the molecule is CC(C)(C)OC(=O)N1CC(c2cc(N)ccc2Br)C1. The summed E-state index contributed by atoms with van der Waals surface area (Å²) in [7, 11) is 0. The number of nitrogen functional groups attached to an aromatic ring is 1. The minimum absolute atomic E-state index is 0.247. The van der Waals surface area contributed by atoms with Crippen molar-refractivity contribution in [3.63, 3.8) is 0 Å². The summed E-state index contributed by atoms with van der Waals surface area (Å²) >= 11 is 3.52. The number of anilines is 1. The minimum atomic E-state index is -0.445. The van der Waals surface area contributed by atoms with Crippen LogP contribution in [0.25, 0.3) is 0 Å². The molecule has 2 N–H and O–H groups in total.